The zero-order chi connectivity index (χ0) is 15.4. The average molecular weight is 298 g/mol. The van der Waals surface area contributed by atoms with Gasteiger partial charge in [0.05, 0.1) is 25.4 Å². The molecule has 22 heavy (non-hydrogen) atoms. The number of rotatable bonds is 2. The summed E-state index contributed by atoms with van der Waals surface area (Å²) in [6, 6.07) is 0. The van der Waals surface area contributed by atoms with Crippen molar-refractivity contribution in [2.75, 3.05) is 14.2 Å². The highest BCUT2D eigenvalue weighted by Crippen LogP contribution is 2.60. The summed E-state index contributed by atoms with van der Waals surface area (Å²) in [6.07, 6.45) is 11.5. The lowest BCUT2D eigenvalue weighted by molar-refractivity contribution is -0.140. The minimum atomic E-state index is -0.429. The first-order chi connectivity index (χ1) is 10.7. The average Bonchev–Trinajstić information content (AvgIpc) is 3.21. The summed E-state index contributed by atoms with van der Waals surface area (Å²) in [5, 5.41) is 0. The molecule has 4 aliphatic rings. The summed E-state index contributed by atoms with van der Waals surface area (Å²) in [5.74, 6) is 0.726. The third-order valence-electron chi connectivity index (χ3n) is 5.54. The van der Waals surface area contributed by atoms with Gasteiger partial charge >= 0.3 is 11.9 Å². The molecule has 114 valence electrons. The third kappa shape index (κ3) is 1.58. The van der Waals surface area contributed by atoms with Crippen molar-refractivity contribution in [3.63, 3.8) is 0 Å². The molecule has 4 rings (SSSR count). The van der Waals surface area contributed by atoms with Gasteiger partial charge in [0.25, 0.3) is 0 Å². The summed E-state index contributed by atoms with van der Waals surface area (Å²) in [6.45, 7) is 0. The summed E-state index contributed by atoms with van der Waals surface area (Å²) in [4.78, 5) is 24.5. The molecule has 0 spiro atoms. The van der Waals surface area contributed by atoms with Crippen LogP contribution in [0.5, 0.6) is 0 Å². The molecule has 0 N–H and O–H groups in total. The SMILES string of the molecule is COC(=O)C1=C(C(=O)OC)C2C(=CC1)C1C=CC3C=CC2C31. The van der Waals surface area contributed by atoms with Crippen molar-refractivity contribution in [2.24, 2.45) is 29.6 Å². The van der Waals surface area contributed by atoms with Crippen LogP contribution in [-0.4, -0.2) is 26.2 Å². The summed E-state index contributed by atoms with van der Waals surface area (Å²) >= 11 is 0. The molecule has 0 saturated heterocycles. The van der Waals surface area contributed by atoms with Crippen LogP contribution in [0.15, 0.2) is 47.1 Å². The van der Waals surface area contributed by atoms with E-state index in [1.165, 1.54) is 19.8 Å². The lowest BCUT2D eigenvalue weighted by Crippen LogP contribution is -2.26. The fourth-order valence-corrected chi connectivity index (χ4v) is 4.73. The number of esters is 2. The van der Waals surface area contributed by atoms with Gasteiger partial charge in [-0.2, -0.15) is 0 Å². The molecule has 0 radical (unpaired) electrons. The van der Waals surface area contributed by atoms with Crippen LogP contribution in [-0.2, 0) is 19.1 Å². The fourth-order valence-electron chi connectivity index (χ4n) is 4.73. The Morgan fingerprint density at radius 1 is 1.05 bits per heavy atom. The molecule has 4 heteroatoms. The lowest BCUT2D eigenvalue weighted by atomic mass is 9.78. The Labute approximate surface area is 129 Å². The number of carbonyl (C=O) groups excluding carboxylic acids is 2. The van der Waals surface area contributed by atoms with Crippen molar-refractivity contribution in [1.29, 1.82) is 0 Å². The smallest absolute Gasteiger partial charge is 0.334 e. The van der Waals surface area contributed by atoms with Gasteiger partial charge in [0.1, 0.15) is 0 Å². The van der Waals surface area contributed by atoms with Crippen LogP contribution < -0.4 is 0 Å². The molecule has 0 aromatic rings. The summed E-state index contributed by atoms with van der Waals surface area (Å²) < 4.78 is 9.85. The van der Waals surface area contributed by atoms with Crippen LogP contribution in [0, 0.1) is 29.6 Å². The molecule has 0 aromatic carbocycles. The molecule has 4 nitrogen and oxygen atoms in total. The van der Waals surface area contributed by atoms with Crippen molar-refractivity contribution in [3.8, 4) is 0 Å². The Balaban J connectivity index is 1.84. The number of ether oxygens (including phenoxy) is 2. The Morgan fingerprint density at radius 2 is 1.77 bits per heavy atom. The van der Waals surface area contributed by atoms with E-state index in [-0.39, 0.29) is 11.8 Å². The Bertz CT molecular complexity index is 679. The van der Waals surface area contributed by atoms with Crippen molar-refractivity contribution in [2.45, 2.75) is 6.42 Å². The number of hydrogen-bond acceptors (Lipinski definition) is 4. The highest BCUT2D eigenvalue weighted by Gasteiger charge is 2.55. The van der Waals surface area contributed by atoms with Gasteiger partial charge in [-0.15, -0.1) is 0 Å². The number of carbonyl (C=O) groups is 2. The van der Waals surface area contributed by atoms with Gasteiger partial charge < -0.3 is 9.47 Å². The van der Waals surface area contributed by atoms with E-state index < -0.39 is 11.9 Å². The van der Waals surface area contributed by atoms with E-state index in [0.717, 1.165) is 0 Å². The second-order valence-corrected chi connectivity index (χ2v) is 6.29. The van der Waals surface area contributed by atoms with E-state index in [1.54, 1.807) is 0 Å². The lowest BCUT2D eigenvalue weighted by Gasteiger charge is -2.26. The van der Waals surface area contributed by atoms with E-state index in [9.17, 15) is 9.59 Å². The third-order valence-corrected chi connectivity index (χ3v) is 5.54. The van der Waals surface area contributed by atoms with Crippen molar-refractivity contribution >= 4 is 11.9 Å². The number of methoxy groups -OCH3 is 2. The van der Waals surface area contributed by atoms with Gasteiger partial charge in [-0.1, -0.05) is 36.0 Å². The maximum Gasteiger partial charge on any atom is 0.334 e. The molecule has 0 bridgehead atoms. The fraction of sp³-hybridized carbons (Fsp3) is 0.444. The topological polar surface area (TPSA) is 52.6 Å². The number of allylic oxidation sites excluding steroid dienone is 6. The first-order valence-corrected chi connectivity index (χ1v) is 7.63. The zero-order valence-electron chi connectivity index (χ0n) is 12.6. The number of fused-ring (bicyclic) bond motifs is 3. The van der Waals surface area contributed by atoms with E-state index in [0.29, 0.717) is 35.3 Å². The van der Waals surface area contributed by atoms with Crippen LogP contribution in [0.1, 0.15) is 6.42 Å². The molecule has 1 fully saturated rings. The predicted octanol–water partition coefficient (Wildman–Crippen LogP) is 2.19. The van der Waals surface area contributed by atoms with Crippen LogP contribution in [0.3, 0.4) is 0 Å². The van der Waals surface area contributed by atoms with Crippen LogP contribution in [0.2, 0.25) is 0 Å². The normalized spacial score (nSPS) is 37.0. The highest BCUT2D eigenvalue weighted by molar-refractivity contribution is 6.02. The quantitative estimate of drug-likeness (QED) is 0.579. The molecule has 0 heterocycles. The van der Waals surface area contributed by atoms with Crippen molar-refractivity contribution in [1.82, 2.24) is 0 Å². The van der Waals surface area contributed by atoms with Gasteiger partial charge in [-0.25, -0.2) is 9.59 Å². The maximum atomic E-state index is 12.4. The Morgan fingerprint density at radius 3 is 2.50 bits per heavy atom. The van der Waals surface area contributed by atoms with E-state index in [4.69, 9.17) is 9.47 Å². The second kappa shape index (κ2) is 4.70. The van der Waals surface area contributed by atoms with Crippen LogP contribution >= 0.6 is 0 Å². The van der Waals surface area contributed by atoms with Gasteiger partial charge in [-0.05, 0) is 24.2 Å². The Kier molecular flexibility index (Phi) is 2.90. The van der Waals surface area contributed by atoms with Crippen molar-refractivity contribution < 1.29 is 19.1 Å². The van der Waals surface area contributed by atoms with E-state index >= 15 is 0 Å². The van der Waals surface area contributed by atoms with E-state index in [2.05, 4.69) is 30.4 Å². The molecule has 5 unspecified atom stereocenters. The summed E-state index contributed by atoms with van der Waals surface area (Å²) in [7, 11) is 2.71. The van der Waals surface area contributed by atoms with Gasteiger partial charge in [0.2, 0.25) is 0 Å². The molecule has 0 aliphatic heterocycles. The first kappa shape index (κ1) is 13.6. The van der Waals surface area contributed by atoms with E-state index in [1.807, 2.05) is 0 Å². The second-order valence-electron chi connectivity index (χ2n) is 6.29. The standard InChI is InChI=1S/C18H18O4/c1-21-17(19)13-8-7-11-10-5-3-9-4-6-12(14(9)10)15(11)16(13)18(20)22-2/h3-7,9-10,12,14-15H,8H2,1-2H3. The first-order valence-electron chi connectivity index (χ1n) is 7.63. The minimum absolute atomic E-state index is 0.0449. The predicted molar refractivity (Wildman–Crippen MR) is 79.5 cm³/mol. The van der Waals surface area contributed by atoms with Gasteiger partial charge in [0.15, 0.2) is 0 Å². The molecule has 1 saturated carbocycles. The van der Waals surface area contributed by atoms with Crippen molar-refractivity contribution in [3.05, 3.63) is 47.1 Å². The van der Waals surface area contributed by atoms with Crippen LogP contribution in [0.4, 0.5) is 0 Å². The monoisotopic (exact) mass is 298 g/mol. The Hall–Kier alpha value is -2.10. The molecular weight excluding hydrogens is 280 g/mol. The minimum Gasteiger partial charge on any atom is -0.466 e. The maximum absolute atomic E-state index is 12.4. The molecule has 0 amide bonds. The summed E-state index contributed by atoms with van der Waals surface area (Å²) in [5.41, 5.74) is 2.22. The molecule has 4 aliphatic carbocycles. The van der Waals surface area contributed by atoms with Gasteiger partial charge in [0, 0.05) is 11.8 Å². The zero-order valence-corrected chi connectivity index (χ0v) is 12.6. The molecule has 0 aromatic heterocycles. The highest BCUT2D eigenvalue weighted by atomic mass is 16.5. The number of hydrogen-bond donors (Lipinski definition) is 0. The van der Waals surface area contributed by atoms with Gasteiger partial charge in [-0.3, -0.25) is 0 Å². The van der Waals surface area contributed by atoms with Crippen LogP contribution in [0.25, 0.3) is 0 Å². The molecule has 5 atom stereocenters. The largest absolute Gasteiger partial charge is 0.466 e. The molecular formula is C18H18O4.